The number of amides is 2. The Hall–Kier alpha value is -1.01. The summed E-state index contributed by atoms with van der Waals surface area (Å²) in [6, 6.07) is 1.61. The highest BCUT2D eigenvalue weighted by Crippen LogP contribution is 2.33. The van der Waals surface area contributed by atoms with Crippen LogP contribution in [0, 0.1) is 0 Å². The molecule has 2 unspecified atom stereocenters. The van der Waals surface area contributed by atoms with Crippen LogP contribution in [0.25, 0.3) is 0 Å². The van der Waals surface area contributed by atoms with Crippen molar-refractivity contribution in [1.82, 2.24) is 10.2 Å². The predicted molar refractivity (Wildman–Crippen MR) is 79.6 cm³/mol. The van der Waals surface area contributed by atoms with Gasteiger partial charge in [-0.1, -0.05) is 0 Å². The summed E-state index contributed by atoms with van der Waals surface area (Å²) in [5.41, 5.74) is 1.23. The maximum atomic E-state index is 12.5. The maximum Gasteiger partial charge on any atom is 0.246 e. The van der Waals surface area contributed by atoms with Crippen molar-refractivity contribution in [1.29, 1.82) is 0 Å². The Morgan fingerprint density at radius 1 is 1.63 bits per heavy atom. The first-order chi connectivity index (χ1) is 9.04. The van der Waals surface area contributed by atoms with Gasteiger partial charge in [0.05, 0.1) is 6.04 Å². The van der Waals surface area contributed by atoms with Crippen molar-refractivity contribution < 1.29 is 9.59 Å². The average molecular weight is 298 g/mol. The van der Waals surface area contributed by atoms with E-state index in [-0.39, 0.29) is 17.9 Å². The van der Waals surface area contributed by atoms with Crippen molar-refractivity contribution in [2.75, 3.05) is 12.3 Å². The van der Waals surface area contributed by atoms with Crippen LogP contribution in [0.1, 0.15) is 30.3 Å². The number of hydrogen-bond donors (Lipinski definition) is 2. The first-order valence-corrected chi connectivity index (χ1v) is 7.80. The van der Waals surface area contributed by atoms with Crippen molar-refractivity contribution in [3.63, 3.8) is 0 Å². The zero-order valence-electron chi connectivity index (χ0n) is 11.0. The summed E-state index contributed by atoms with van der Waals surface area (Å²) in [6.07, 6.45) is 0.891. The predicted octanol–water partition coefficient (Wildman–Crippen LogP) is 1.63. The summed E-state index contributed by atoms with van der Waals surface area (Å²) in [5.74, 6) is 0.0702. The number of fused-ring (bicyclic) bond motifs is 1. The van der Waals surface area contributed by atoms with Crippen LogP contribution >= 0.6 is 24.0 Å². The molecule has 6 heteroatoms. The smallest absolute Gasteiger partial charge is 0.246 e. The van der Waals surface area contributed by atoms with Crippen LogP contribution < -0.4 is 5.32 Å². The van der Waals surface area contributed by atoms with Gasteiger partial charge in [0.15, 0.2) is 0 Å². The van der Waals surface area contributed by atoms with E-state index in [1.54, 1.807) is 11.3 Å². The molecule has 0 saturated carbocycles. The standard InChI is InChI=1S/C13H18N2O2S2/c1-8-10-4-6-19-12(10)3-5-15(8)13(17)11(7-18)14-9(2)16/h4,6,8,11,18H,3,5,7H2,1-2H3,(H,14,16). The molecule has 1 aliphatic rings. The van der Waals surface area contributed by atoms with Crippen molar-refractivity contribution in [2.45, 2.75) is 32.4 Å². The van der Waals surface area contributed by atoms with Gasteiger partial charge in [0.25, 0.3) is 0 Å². The van der Waals surface area contributed by atoms with Gasteiger partial charge in [-0.25, -0.2) is 0 Å². The molecule has 0 spiro atoms. The molecule has 1 aromatic heterocycles. The van der Waals surface area contributed by atoms with Crippen molar-refractivity contribution in [3.05, 3.63) is 21.9 Å². The van der Waals surface area contributed by atoms with Gasteiger partial charge in [-0.05, 0) is 30.4 Å². The zero-order valence-corrected chi connectivity index (χ0v) is 12.8. The molecule has 0 fully saturated rings. The van der Waals surface area contributed by atoms with Crippen LogP contribution in [0.4, 0.5) is 0 Å². The lowest BCUT2D eigenvalue weighted by molar-refractivity contribution is -0.137. The highest BCUT2D eigenvalue weighted by molar-refractivity contribution is 7.80. The molecule has 104 valence electrons. The highest BCUT2D eigenvalue weighted by Gasteiger charge is 2.32. The number of rotatable bonds is 3. The van der Waals surface area contributed by atoms with E-state index in [2.05, 4.69) is 29.4 Å². The lowest BCUT2D eigenvalue weighted by atomic mass is 10.0. The fourth-order valence-corrected chi connectivity index (χ4v) is 3.65. The Kier molecular flexibility index (Phi) is 4.52. The quantitative estimate of drug-likeness (QED) is 0.833. The van der Waals surface area contributed by atoms with E-state index in [0.29, 0.717) is 12.3 Å². The minimum Gasteiger partial charge on any atom is -0.344 e. The topological polar surface area (TPSA) is 49.4 Å². The van der Waals surface area contributed by atoms with Crippen LogP contribution in [-0.4, -0.2) is 35.1 Å². The van der Waals surface area contributed by atoms with Crippen molar-refractivity contribution in [2.24, 2.45) is 0 Å². The Morgan fingerprint density at radius 3 is 3.00 bits per heavy atom. The van der Waals surface area contributed by atoms with Gasteiger partial charge in [-0.15, -0.1) is 11.3 Å². The van der Waals surface area contributed by atoms with Gasteiger partial charge in [0, 0.05) is 24.1 Å². The molecule has 4 nitrogen and oxygen atoms in total. The molecule has 1 N–H and O–H groups in total. The summed E-state index contributed by atoms with van der Waals surface area (Å²) in [6.45, 7) is 4.16. The largest absolute Gasteiger partial charge is 0.344 e. The van der Waals surface area contributed by atoms with E-state index in [0.717, 1.165) is 6.42 Å². The highest BCUT2D eigenvalue weighted by atomic mass is 32.1. The Labute approximate surface area is 122 Å². The van der Waals surface area contributed by atoms with Gasteiger partial charge < -0.3 is 10.2 Å². The van der Waals surface area contributed by atoms with Gasteiger partial charge >= 0.3 is 0 Å². The number of thiophene rings is 1. The second kappa shape index (κ2) is 5.96. The summed E-state index contributed by atoms with van der Waals surface area (Å²) >= 11 is 5.91. The summed E-state index contributed by atoms with van der Waals surface area (Å²) in [4.78, 5) is 26.8. The molecule has 1 aromatic rings. The van der Waals surface area contributed by atoms with Gasteiger partial charge in [0.2, 0.25) is 11.8 Å². The molecule has 2 atom stereocenters. The molecule has 2 heterocycles. The molecule has 1 aliphatic heterocycles. The van der Waals surface area contributed by atoms with Crippen LogP contribution in [0.3, 0.4) is 0 Å². The molecule has 0 aromatic carbocycles. The molecular weight excluding hydrogens is 280 g/mol. The first kappa shape index (κ1) is 14.4. The minimum atomic E-state index is -0.538. The van der Waals surface area contributed by atoms with Gasteiger partial charge in [-0.3, -0.25) is 9.59 Å². The minimum absolute atomic E-state index is 0.0467. The molecule has 2 rings (SSSR count). The van der Waals surface area contributed by atoms with Gasteiger partial charge in [0.1, 0.15) is 6.04 Å². The van der Waals surface area contributed by atoms with Crippen LogP contribution in [0.2, 0.25) is 0 Å². The van der Waals surface area contributed by atoms with Gasteiger partial charge in [-0.2, -0.15) is 12.6 Å². The van der Waals surface area contributed by atoms with E-state index < -0.39 is 6.04 Å². The SMILES string of the molecule is CC(=O)NC(CS)C(=O)N1CCc2sccc2C1C. The third-order valence-corrected chi connectivity index (χ3v) is 4.78. The molecular formula is C13H18N2O2S2. The number of thiol groups is 1. The molecule has 0 saturated heterocycles. The van der Waals surface area contributed by atoms with Crippen molar-refractivity contribution in [3.8, 4) is 0 Å². The number of nitrogens with zero attached hydrogens (tertiary/aromatic N) is 1. The van der Waals surface area contributed by atoms with Crippen molar-refractivity contribution >= 4 is 35.8 Å². The fraction of sp³-hybridized carbons (Fsp3) is 0.538. The maximum absolute atomic E-state index is 12.5. The summed E-state index contributed by atoms with van der Waals surface area (Å²) in [7, 11) is 0. The second-order valence-electron chi connectivity index (χ2n) is 4.69. The third-order valence-electron chi connectivity index (χ3n) is 3.42. The van der Waals surface area contributed by atoms with Crippen LogP contribution in [0.15, 0.2) is 11.4 Å². The Bertz CT molecular complexity index is 487. The van der Waals surface area contributed by atoms with E-state index in [4.69, 9.17) is 0 Å². The zero-order chi connectivity index (χ0) is 14.0. The summed E-state index contributed by atoms with van der Waals surface area (Å²) in [5, 5.41) is 4.73. The monoisotopic (exact) mass is 298 g/mol. The van der Waals surface area contributed by atoms with Crippen LogP contribution in [0.5, 0.6) is 0 Å². The third kappa shape index (κ3) is 2.95. The van der Waals surface area contributed by atoms with E-state index in [1.165, 1.54) is 17.4 Å². The molecule has 0 bridgehead atoms. The lowest BCUT2D eigenvalue weighted by Crippen LogP contribution is -2.51. The molecule has 19 heavy (non-hydrogen) atoms. The Balaban J connectivity index is 2.14. The first-order valence-electron chi connectivity index (χ1n) is 6.29. The fourth-order valence-electron chi connectivity index (χ4n) is 2.44. The van der Waals surface area contributed by atoms with E-state index in [9.17, 15) is 9.59 Å². The number of nitrogens with one attached hydrogen (secondary N) is 1. The number of carbonyl (C=O) groups is 2. The molecule has 0 radical (unpaired) electrons. The van der Waals surface area contributed by atoms with Crippen LogP contribution in [-0.2, 0) is 16.0 Å². The van der Waals surface area contributed by atoms with E-state index >= 15 is 0 Å². The average Bonchev–Trinajstić information content (AvgIpc) is 2.84. The molecule has 0 aliphatic carbocycles. The number of carbonyl (C=O) groups excluding carboxylic acids is 2. The number of hydrogen-bond acceptors (Lipinski definition) is 4. The van der Waals surface area contributed by atoms with E-state index in [1.807, 2.05) is 11.8 Å². The molecule has 2 amide bonds. The summed E-state index contributed by atoms with van der Waals surface area (Å²) < 4.78 is 0. The Morgan fingerprint density at radius 2 is 2.37 bits per heavy atom. The normalized spacial score (nSPS) is 19.7. The second-order valence-corrected chi connectivity index (χ2v) is 6.06. The lowest BCUT2D eigenvalue weighted by Gasteiger charge is -2.35.